The van der Waals surface area contributed by atoms with Crippen molar-refractivity contribution < 1.29 is 4.79 Å². The number of carbonyl (C=O) groups excluding carboxylic acids is 1. The van der Waals surface area contributed by atoms with E-state index in [1.165, 1.54) is 11.1 Å². The van der Waals surface area contributed by atoms with Crippen molar-refractivity contribution in [3.63, 3.8) is 0 Å². The van der Waals surface area contributed by atoms with Crippen LogP contribution in [0.3, 0.4) is 0 Å². The second-order valence-electron chi connectivity index (χ2n) is 5.44. The summed E-state index contributed by atoms with van der Waals surface area (Å²) in [6, 6.07) is 14.2. The van der Waals surface area contributed by atoms with Crippen LogP contribution in [0.4, 0.5) is 0 Å². The highest BCUT2D eigenvalue weighted by Gasteiger charge is 2.10. The van der Waals surface area contributed by atoms with Crippen LogP contribution in [-0.2, 0) is 11.2 Å². The number of nitrogens with one attached hydrogen (secondary N) is 1. The Labute approximate surface area is 134 Å². The molecule has 0 radical (unpaired) electrons. The van der Waals surface area contributed by atoms with E-state index in [1.54, 1.807) is 0 Å². The minimum atomic E-state index is 0.0112. The first-order chi connectivity index (χ1) is 9.95. The van der Waals surface area contributed by atoms with Gasteiger partial charge in [-0.05, 0) is 55.2 Å². The number of benzene rings is 2. The molecule has 0 aliphatic rings. The van der Waals surface area contributed by atoms with E-state index in [1.807, 2.05) is 37.3 Å². The lowest BCUT2D eigenvalue weighted by atomic mass is 10.0. The van der Waals surface area contributed by atoms with Crippen molar-refractivity contribution in [3.8, 4) is 0 Å². The van der Waals surface area contributed by atoms with Gasteiger partial charge in [-0.2, -0.15) is 0 Å². The van der Waals surface area contributed by atoms with E-state index in [4.69, 9.17) is 0 Å². The smallest absolute Gasteiger partial charge is 0.224 e. The highest BCUT2D eigenvalue weighted by Crippen LogP contribution is 2.17. The van der Waals surface area contributed by atoms with Crippen LogP contribution in [0, 0.1) is 13.8 Å². The minimum absolute atomic E-state index is 0.0112. The molecule has 2 aromatic rings. The molecule has 1 amide bonds. The molecule has 0 spiro atoms. The molecule has 0 bridgehead atoms. The van der Waals surface area contributed by atoms with Crippen molar-refractivity contribution in [2.45, 2.75) is 33.2 Å². The standard InChI is InChI=1S/C18H20BrNO/c1-12-4-5-15(10-13(12)2)11-18(21)20-14(3)16-6-8-17(19)9-7-16/h4-10,14H,11H2,1-3H3,(H,20,21). The van der Waals surface area contributed by atoms with Crippen LogP contribution in [0.15, 0.2) is 46.9 Å². The van der Waals surface area contributed by atoms with Gasteiger partial charge in [0.05, 0.1) is 12.5 Å². The van der Waals surface area contributed by atoms with E-state index < -0.39 is 0 Å². The molecule has 2 nitrogen and oxygen atoms in total. The molecular weight excluding hydrogens is 326 g/mol. The lowest BCUT2D eigenvalue weighted by Gasteiger charge is -2.15. The van der Waals surface area contributed by atoms with Gasteiger partial charge in [0.2, 0.25) is 5.91 Å². The van der Waals surface area contributed by atoms with Crippen LogP contribution >= 0.6 is 15.9 Å². The monoisotopic (exact) mass is 345 g/mol. The SMILES string of the molecule is Cc1ccc(CC(=O)NC(C)c2ccc(Br)cc2)cc1C. The predicted molar refractivity (Wildman–Crippen MR) is 90.3 cm³/mol. The van der Waals surface area contributed by atoms with Crippen LogP contribution in [0.5, 0.6) is 0 Å². The van der Waals surface area contributed by atoms with Crippen molar-refractivity contribution >= 4 is 21.8 Å². The zero-order chi connectivity index (χ0) is 15.4. The van der Waals surface area contributed by atoms with Crippen LogP contribution in [0.25, 0.3) is 0 Å². The molecule has 110 valence electrons. The second kappa shape index (κ2) is 6.90. The maximum absolute atomic E-state index is 12.1. The molecule has 1 atom stereocenters. The van der Waals surface area contributed by atoms with Crippen LogP contribution in [0.2, 0.25) is 0 Å². The molecule has 21 heavy (non-hydrogen) atoms. The van der Waals surface area contributed by atoms with Gasteiger partial charge in [-0.25, -0.2) is 0 Å². The molecule has 2 rings (SSSR count). The Morgan fingerprint density at radius 2 is 1.76 bits per heavy atom. The molecule has 0 aliphatic heterocycles. The van der Waals surface area contributed by atoms with E-state index in [0.717, 1.165) is 15.6 Å². The van der Waals surface area contributed by atoms with Crippen LogP contribution in [-0.4, -0.2) is 5.91 Å². The van der Waals surface area contributed by atoms with E-state index in [2.05, 4.69) is 47.2 Å². The molecule has 0 fully saturated rings. The Bertz CT molecular complexity index is 634. The third-order valence-corrected chi connectivity index (χ3v) is 4.21. The van der Waals surface area contributed by atoms with Gasteiger partial charge in [-0.1, -0.05) is 46.3 Å². The maximum atomic E-state index is 12.1. The number of hydrogen-bond acceptors (Lipinski definition) is 1. The fraction of sp³-hybridized carbons (Fsp3) is 0.278. The highest BCUT2D eigenvalue weighted by molar-refractivity contribution is 9.10. The van der Waals surface area contributed by atoms with Gasteiger partial charge in [0.15, 0.2) is 0 Å². The molecule has 1 unspecified atom stereocenters. The van der Waals surface area contributed by atoms with Crippen molar-refractivity contribution in [2.24, 2.45) is 0 Å². The lowest BCUT2D eigenvalue weighted by Crippen LogP contribution is -2.28. The summed E-state index contributed by atoms with van der Waals surface area (Å²) in [4.78, 5) is 12.1. The maximum Gasteiger partial charge on any atom is 0.224 e. The van der Waals surface area contributed by atoms with Gasteiger partial charge in [0, 0.05) is 4.47 Å². The number of hydrogen-bond donors (Lipinski definition) is 1. The van der Waals surface area contributed by atoms with E-state index >= 15 is 0 Å². The summed E-state index contributed by atoms with van der Waals surface area (Å²) in [5, 5.41) is 3.04. The number of amides is 1. The number of aryl methyl sites for hydroxylation is 2. The molecule has 1 N–H and O–H groups in total. The Morgan fingerprint density at radius 1 is 1.10 bits per heavy atom. The largest absolute Gasteiger partial charge is 0.349 e. The van der Waals surface area contributed by atoms with Gasteiger partial charge in [-0.3, -0.25) is 4.79 Å². The van der Waals surface area contributed by atoms with Crippen molar-refractivity contribution in [1.29, 1.82) is 0 Å². The first kappa shape index (κ1) is 15.8. The quantitative estimate of drug-likeness (QED) is 0.869. The van der Waals surface area contributed by atoms with E-state index in [-0.39, 0.29) is 11.9 Å². The number of halogens is 1. The Kier molecular flexibility index (Phi) is 5.18. The molecule has 0 saturated carbocycles. The topological polar surface area (TPSA) is 29.1 Å². The lowest BCUT2D eigenvalue weighted by molar-refractivity contribution is -0.121. The van der Waals surface area contributed by atoms with Crippen molar-refractivity contribution in [2.75, 3.05) is 0 Å². The second-order valence-corrected chi connectivity index (χ2v) is 6.35. The zero-order valence-electron chi connectivity index (χ0n) is 12.6. The Morgan fingerprint density at radius 3 is 2.38 bits per heavy atom. The summed E-state index contributed by atoms with van der Waals surface area (Å²) < 4.78 is 1.04. The summed E-state index contributed by atoms with van der Waals surface area (Å²) >= 11 is 3.41. The highest BCUT2D eigenvalue weighted by atomic mass is 79.9. The molecule has 0 aromatic heterocycles. The van der Waals surface area contributed by atoms with E-state index in [9.17, 15) is 4.79 Å². The summed E-state index contributed by atoms with van der Waals surface area (Å²) in [7, 11) is 0. The van der Waals surface area contributed by atoms with Gasteiger partial charge >= 0.3 is 0 Å². The molecule has 0 aliphatic carbocycles. The Hall–Kier alpha value is -1.61. The zero-order valence-corrected chi connectivity index (χ0v) is 14.2. The van der Waals surface area contributed by atoms with Gasteiger partial charge in [0.1, 0.15) is 0 Å². The third kappa shape index (κ3) is 4.43. The summed E-state index contributed by atoms with van der Waals surface area (Å²) in [5.41, 5.74) is 4.63. The van der Waals surface area contributed by atoms with E-state index in [0.29, 0.717) is 6.42 Å². The van der Waals surface area contributed by atoms with Crippen molar-refractivity contribution in [1.82, 2.24) is 5.32 Å². The normalized spacial score (nSPS) is 12.0. The molecule has 2 aromatic carbocycles. The molecule has 0 heterocycles. The fourth-order valence-electron chi connectivity index (χ4n) is 2.23. The number of rotatable bonds is 4. The summed E-state index contributed by atoms with van der Waals surface area (Å²) in [6.07, 6.45) is 0.419. The first-order valence-corrected chi connectivity index (χ1v) is 7.86. The summed E-state index contributed by atoms with van der Waals surface area (Å²) in [5.74, 6) is 0.0497. The number of carbonyl (C=O) groups is 1. The molecular formula is C18H20BrNO. The van der Waals surface area contributed by atoms with Crippen molar-refractivity contribution in [3.05, 3.63) is 69.2 Å². The first-order valence-electron chi connectivity index (χ1n) is 7.06. The molecule has 3 heteroatoms. The summed E-state index contributed by atoms with van der Waals surface area (Å²) in [6.45, 7) is 6.15. The van der Waals surface area contributed by atoms with Gasteiger partial charge in [0.25, 0.3) is 0 Å². The Balaban J connectivity index is 1.97. The third-order valence-electron chi connectivity index (χ3n) is 3.68. The minimum Gasteiger partial charge on any atom is -0.349 e. The van der Waals surface area contributed by atoms with Crippen LogP contribution < -0.4 is 5.32 Å². The average molecular weight is 346 g/mol. The van der Waals surface area contributed by atoms with Gasteiger partial charge in [-0.15, -0.1) is 0 Å². The van der Waals surface area contributed by atoms with Crippen LogP contribution in [0.1, 0.15) is 35.2 Å². The predicted octanol–water partition coefficient (Wildman–Crippen LogP) is 4.49. The van der Waals surface area contributed by atoms with Gasteiger partial charge < -0.3 is 5.32 Å². The average Bonchev–Trinajstić information content (AvgIpc) is 2.43. The molecule has 0 saturated heterocycles. The fourth-order valence-corrected chi connectivity index (χ4v) is 2.49.